The van der Waals surface area contributed by atoms with Crippen molar-refractivity contribution in [3.05, 3.63) is 29.8 Å². The van der Waals surface area contributed by atoms with E-state index >= 15 is 0 Å². The molecule has 0 saturated carbocycles. The summed E-state index contributed by atoms with van der Waals surface area (Å²) >= 11 is 0. The van der Waals surface area contributed by atoms with Crippen molar-refractivity contribution in [1.29, 1.82) is 0 Å². The summed E-state index contributed by atoms with van der Waals surface area (Å²) in [6, 6.07) is 8.55. The fourth-order valence-electron chi connectivity index (χ4n) is 3.73. The van der Waals surface area contributed by atoms with Crippen molar-refractivity contribution >= 4 is 5.91 Å². The molecular weight excluding hydrogens is 316 g/mol. The summed E-state index contributed by atoms with van der Waals surface area (Å²) in [6.45, 7) is 4.90. The normalized spacial score (nSPS) is 22.0. The lowest BCUT2D eigenvalue weighted by Crippen LogP contribution is -2.44. The molecule has 1 N–H and O–H groups in total. The molecule has 1 aromatic rings. The van der Waals surface area contributed by atoms with Crippen LogP contribution in [-0.2, 0) is 16.0 Å². The number of hydrogen-bond donors (Lipinski definition) is 1. The molecule has 2 fully saturated rings. The number of benzene rings is 1. The largest absolute Gasteiger partial charge is 0.497 e. The van der Waals surface area contributed by atoms with Crippen molar-refractivity contribution in [2.24, 2.45) is 5.92 Å². The first-order chi connectivity index (χ1) is 12.2. The lowest BCUT2D eigenvalue weighted by molar-refractivity contribution is -0.121. The first kappa shape index (κ1) is 18.2. The molecule has 2 aliphatic rings. The van der Waals surface area contributed by atoms with Crippen LogP contribution < -0.4 is 10.1 Å². The zero-order valence-corrected chi connectivity index (χ0v) is 15.2. The Morgan fingerprint density at radius 1 is 1.24 bits per heavy atom. The van der Waals surface area contributed by atoms with Gasteiger partial charge in [-0.05, 0) is 62.4 Å². The molecule has 3 rings (SSSR count). The lowest BCUT2D eigenvalue weighted by Gasteiger charge is -2.35. The van der Waals surface area contributed by atoms with Gasteiger partial charge < -0.3 is 14.8 Å². The SMILES string of the molecule is COc1ccc(CCC(=O)NCC2CCN([C@H]3CCOC3)CC2)cc1. The Labute approximate surface area is 150 Å². The molecule has 138 valence electrons. The second-order valence-corrected chi connectivity index (χ2v) is 7.15. The van der Waals surface area contributed by atoms with Gasteiger partial charge in [0.15, 0.2) is 0 Å². The predicted molar refractivity (Wildman–Crippen MR) is 97.8 cm³/mol. The topological polar surface area (TPSA) is 50.8 Å². The first-order valence-corrected chi connectivity index (χ1v) is 9.46. The number of aryl methyl sites for hydroxylation is 1. The van der Waals surface area contributed by atoms with Crippen LogP contribution in [0.2, 0.25) is 0 Å². The fourth-order valence-corrected chi connectivity index (χ4v) is 3.73. The second-order valence-electron chi connectivity index (χ2n) is 7.15. The van der Waals surface area contributed by atoms with E-state index in [1.807, 2.05) is 24.3 Å². The minimum absolute atomic E-state index is 0.155. The van der Waals surface area contributed by atoms with Gasteiger partial charge >= 0.3 is 0 Å². The number of amides is 1. The maximum absolute atomic E-state index is 12.1. The maximum Gasteiger partial charge on any atom is 0.220 e. The molecule has 0 bridgehead atoms. The molecule has 0 unspecified atom stereocenters. The lowest BCUT2D eigenvalue weighted by atomic mass is 9.95. The quantitative estimate of drug-likeness (QED) is 0.823. The van der Waals surface area contributed by atoms with E-state index in [1.54, 1.807) is 7.11 Å². The van der Waals surface area contributed by atoms with Crippen molar-refractivity contribution in [1.82, 2.24) is 10.2 Å². The minimum Gasteiger partial charge on any atom is -0.497 e. The smallest absolute Gasteiger partial charge is 0.220 e. The molecule has 1 amide bonds. The number of hydrogen-bond acceptors (Lipinski definition) is 4. The number of likely N-dealkylation sites (tertiary alicyclic amines) is 1. The molecule has 5 heteroatoms. The highest BCUT2D eigenvalue weighted by atomic mass is 16.5. The van der Waals surface area contributed by atoms with Gasteiger partial charge in [-0.3, -0.25) is 9.69 Å². The third-order valence-electron chi connectivity index (χ3n) is 5.46. The third-order valence-corrected chi connectivity index (χ3v) is 5.46. The van der Waals surface area contributed by atoms with Crippen LogP contribution >= 0.6 is 0 Å². The first-order valence-electron chi connectivity index (χ1n) is 9.46. The summed E-state index contributed by atoms with van der Waals surface area (Å²) in [5.41, 5.74) is 1.17. The van der Waals surface area contributed by atoms with Gasteiger partial charge in [-0.1, -0.05) is 12.1 Å². The Balaban J connectivity index is 1.31. The van der Waals surface area contributed by atoms with Crippen LogP contribution in [0.5, 0.6) is 5.75 Å². The fraction of sp³-hybridized carbons (Fsp3) is 0.650. The molecule has 0 aromatic heterocycles. The highest BCUT2D eigenvalue weighted by Gasteiger charge is 2.27. The second kappa shape index (κ2) is 9.20. The van der Waals surface area contributed by atoms with E-state index in [9.17, 15) is 4.79 Å². The Morgan fingerprint density at radius 3 is 2.64 bits per heavy atom. The zero-order valence-electron chi connectivity index (χ0n) is 15.2. The molecular formula is C20H30N2O3. The van der Waals surface area contributed by atoms with E-state index in [1.165, 1.54) is 24.8 Å². The van der Waals surface area contributed by atoms with Crippen molar-refractivity contribution in [2.45, 2.75) is 38.1 Å². The molecule has 0 aliphatic carbocycles. The highest BCUT2D eigenvalue weighted by molar-refractivity contribution is 5.76. The third kappa shape index (κ3) is 5.44. The van der Waals surface area contributed by atoms with E-state index < -0.39 is 0 Å². The summed E-state index contributed by atoms with van der Waals surface area (Å²) in [5.74, 6) is 1.62. The number of piperidine rings is 1. The number of ether oxygens (including phenoxy) is 2. The van der Waals surface area contributed by atoms with Gasteiger partial charge in [0, 0.05) is 25.6 Å². The van der Waals surface area contributed by atoms with Gasteiger partial charge in [0.25, 0.3) is 0 Å². The van der Waals surface area contributed by atoms with E-state index in [-0.39, 0.29) is 5.91 Å². The number of carbonyl (C=O) groups is 1. The van der Waals surface area contributed by atoms with Crippen LogP contribution in [0.15, 0.2) is 24.3 Å². The van der Waals surface area contributed by atoms with E-state index in [4.69, 9.17) is 9.47 Å². The Kier molecular flexibility index (Phi) is 6.70. The van der Waals surface area contributed by atoms with Crippen molar-refractivity contribution in [3.8, 4) is 5.75 Å². The summed E-state index contributed by atoms with van der Waals surface area (Å²) < 4.78 is 10.6. The number of nitrogens with zero attached hydrogens (tertiary/aromatic N) is 1. The molecule has 1 aromatic carbocycles. The van der Waals surface area contributed by atoms with Gasteiger partial charge in [-0.2, -0.15) is 0 Å². The highest BCUT2D eigenvalue weighted by Crippen LogP contribution is 2.22. The molecule has 0 radical (unpaired) electrons. The Bertz CT molecular complexity index is 532. The van der Waals surface area contributed by atoms with Gasteiger partial charge in [-0.15, -0.1) is 0 Å². The van der Waals surface area contributed by atoms with Gasteiger partial charge in [0.1, 0.15) is 5.75 Å². The van der Waals surface area contributed by atoms with E-state index in [0.717, 1.165) is 45.0 Å². The molecule has 2 heterocycles. The summed E-state index contributed by atoms with van der Waals surface area (Å²) in [6.07, 6.45) is 4.85. The van der Waals surface area contributed by atoms with Gasteiger partial charge in [-0.25, -0.2) is 0 Å². The van der Waals surface area contributed by atoms with E-state index in [2.05, 4.69) is 10.2 Å². The van der Waals surface area contributed by atoms with Crippen LogP contribution in [0.3, 0.4) is 0 Å². The minimum atomic E-state index is 0.155. The molecule has 0 spiro atoms. The van der Waals surface area contributed by atoms with Crippen LogP contribution in [-0.4, -0.2) is 56.8 Å². The molecule has 2 saturated heterocycles. The number of methoxy groups -OCH3 is 1. The standard InChI is InChI=1S/C20H30N2O3/c1-24-19-5-2-16(3-6-19)4-7-20(23)21-14-17-8-11-22(12-9-17)18-10-13-25-15-18/h2-3,5-6,17-18H,4,7-15H2,1H3,(H,21,23)/t18-/m0/s1. The average molecular weight is 346 g/mol. The van der Waals surface area contributed by atoms with Crippen LogP contribution in [0, 0.1) is 5.92 Å². The van der Waals surface area contributed by atoms with Crippen molar-refractivity contribution in [3.63, 3.8) is 0 Å². The van der Waals surface area contributed by atoms with Crippen LogP contribution in [0.25, 0.3) is 0 Å². The van der Waals surface area contributed by atoms with Crippen LogP contribution in [0.4, 0.5) is 0 Å². The number of carbonyl (C=O) groups excluding carboxylic acids is 1. The van der Waals surface area contributed by atoms with E-state index in [0.29, 0.717) is 18.4 Å². The number of rotatable bonds is 7. The zero-order chi connectivity index (χ0) is 17.5. The molecule has 1 atom stereocenters. The summed E-state index contributed by atoms with van der Waals surface area (Å²) in [5, 5.41) is 3.12. The number of nitrogens with one attached hydrogen (secondary N) is 1. The summed E-state index contributed by atoms with van der Waals surface area (Å²) in [7, 11) is 1.66. The van der Waals surface area contributed by atoms with Crippen molar-refractivity contribution < 1.29 is 14.3 Å². The summed E-state index contributed by atoms with van der Waals surface area (Å²) in [4.78, 5) is 14.7. The molecule has 5 nitrogen and oxygen atoms in total. The predicted octanol–water partition coefficient (Wildman–Crippen LogP) is 2.24. The Hall–Kier alpha value is -1.59. The van der Waals surface area contributed by atoms with Gasteiger partial charge in [0.05, 0.1) is 13.7 Å². The van der Waals surface area contributed by atoms with Gasteiger partial charge in [0.2, 0.25) is 5.91 Å². The molecule has 2 aliphatic heterocycles. The van der Waals surface area contributed by atoms with Crippen molar-refractivity contribution in [2.75, 3.05) is 40.0 Å². The van der Waals surface area contributed by atoms with Crippen LogP contribution in [0.1, 0.15) is 31.2 Å². The molecule has 25 heavy (non-hydrogen) atoms. The Morgan fingerprint density at radius 2 is 2.00 bits per heavy atom. The average Bonchev–Trinajstić information content (AvgIpc) is 3.20. The maximum atomic E-state index is 12.1. The monoisotopic (exact) mass is 346 g/mol.